The lowest BCUT2D eigenvalue weighted by molar-refractivity contribution is -0.120. The molecule has 4 nitrogen and oxygen atoms in total. The highest BCUT2D eigenvalue weighted by atomic mass is 16.2. The van der Waals surface area contributed by atoms with E-state index in [1.54, 1.807) is 13.8 Å². The molecule has 0 saturated carbocycles. The van der Waals surface area contributed by atoms with E-state index >= 15 is 0 Å². The molecule has 0 aliphatic carbocycles. The monoisotopic (exact) mass is 275 g/mol. The van der Waals surface area contributed by atoms with Crippen molar-refractivity contribution in [2.45, 2.75) is 45.2 Å². The van der Waals surface area contributed by atoms with E-state index in [1.807, 2.05) is 18.2 Å². The summed E-state index contributed by atoms with van der Waals surface area (Å²) >= 11 is 0. The molecule has 0 aromatic heterocycles. The maximum atomic E-state index is 11.9. The third kappa shape index (κ3) is 4.32. The first-order chi connectivity index (χ1) is 9.45. The Morgan fingerprint density at radius 2 is 2.00 bits per heavy atom. The van der Waals surface area contributed by atoms with Crippen molar-refractivity contribution < 1.29 is 4.79 Å². The molecule has 1 aromatic rings. The molecule has 110 valence electrons. The lowest BCUT2D eigenvalue weighted by Gasteiger charge is -2.26. The number of likely N-dealkylation sites (tertiary alicyclic amines) is 1. The number of nitrogens with two attached hydrogens (primary N) is 1. The summed E-state index contributed by atoms with van der Waals surface area (Å²) in [5.74, 6) is -0.160. The molecular weight excluding hydrogens is 250 g/mol. The van der Waals surface area contributed by atoms with Gasteiger partial charge in [-0.15, -0.1) is 0 Å². The number of piperidine rings is 1. The minimum atomic E-state index is -0.858. The van der Waals surface area contributed by atoms with E-state index in [4.69, 9.17) is 5.73 Å². The normalized spacial score (nSPS) is 16.9. The van der Waals surface area contributed by atoms with Crippen LogP contribution in [0.25, 0.3) is 0 Å². The van der Waals surface area contributed by atoms with Gasteiger partial charge in [0.2, 0.25) is 5.91 Å². The zero-order valence-corrected chi connectivity index (χ0v) is 12.5. The Morgan fingerprint density at radius 3 is 2.65 bits per heavy atom. The average Bonchev–Trinajstić information content (AvgIpc) is 2.39. The number of amides is 1. The molecule has 1 fully saturated rings. The van der Waals surface area contributed by atoms with Crippen molar-refractivity contribution in [3.63, 3.8) is 0 Å². The third-order valence-corrected chi connectivity index (χ3v) is 3.62. The summed E-state index contributed by atoms with van der Waals surface area (Å²) in [4.78, 5) is 14.4. The summed E-state index contributed by atoms with van der Waals surface area (Å²) in [6, 6.07) is 8.04. The SMILES string of the molecule is CC(C)(N)C(=O)Nc1cccc(CN2CCCCC2)c1. The lowest BCUT2D eigenvalue weighted by Crippen LogP contribution is -2.45. The third-order valence-electron chi connectivity index (χ3n) is 3.62. The zero-order valence-electron chi connectivity index (χ0n) is 12.5. The number of benzene rings is 1. The Kier molecular flexibility index (Phi) is 4.78. The second-order valence-electron chi connectivity index (χ2n) is 6.21. The zero-order chi connectivity index (χ0) is 14.6. The number of rotatable bonds is 4. The minimum Gasteiger partial charge on any atom is -0.325 e. The Morgan fingerprint density at radius 1 is 1.30 bits per heavy atom. The van der Waals surface area contributed by atoms with Gasteiger partial charge in [-0.05, 0) is 57.5 Å². The molecule has 1 saturated heterocycles. The molecular formula is C16H25N3O. The summed E-state index contributed by atoms with van der Waals surface area (Å²) in [7, 11) is 0. The summed E-state index contributed by atoms with van der Waals surface area (Å²) in [5, 5.41) is 2.88. The van der Waals surface area contributed by atoms with Crippen molar-refractivity contribution in [3.8, 4) is 0 Å². The Balaban J connectivity index is 1.98. The smallest absolute Gasteiger partial charge is 0.243 e. The van der Waals surface area contributed by atoms with Crippen LogP contribution in [-0.2, 0) is 11.3 Å². The van der Waals surface area contributed by atoms with Gasteiger partial charge in [-0.1, -0.05) is 18.6 Å². The molecule has 0 unspecified atom stereocenters. The van der Waals surface area contributed by atoms with Gasteiger partial charge < -0.3 is 11.1 Å². The molecule has 3 N–H and O–H groups in total. The highest BCUT2D eigenvalue weighted by Crippen LogP contribution is 2.17. The summed E-state index contributed by atoms with van der Waals surface area (Å²) in [6.45, 7) is 6.72. The number of carbonyl (C=O) groups is 1. The van der Waals surface area contributed by atoms with Crippen molar-refractivity contribution in [1.82, 2.24) is 4.90 Å². The van der Waals surface area contributed by atoms with Crippen LogP contribution in [0.5, 0.6) is 0 Å². The molecule has 1 heterocycles. The van der Waals surface area contributed by atoms with E-state index in [0.29, 0.717) is 0 Å². The van der Waals surface area contributed by atoms with Gasteiger partial charge in [0.05, 0.1) is 5.54 Å². The van der Waals surface area contributed by atoms with Crippen LogP contribution in [0.4, 0.5) is 5.69 Å². The minimum absolute atomic E-state index is 0.160. The van der Waals surface area contributed by atoms with Crippen LogP contribution in [0, 0.1) is 0 Å². The van der Waals surface area contributed by atoms with Crippen LogP contribution < -0.4 is 11.1 Å². The van der Waals surface area contributed by atoms with Crippen LogP contribution in [0.1, 0.15) is 38.7 Å². The van der Waals surface area contributed by atoms with Crippen molar-refractivity contribution in [2.75, 3.05) is 18.4 Å². The second kappa shape index (κ2) is 6.37. The molecule has 2 rings (SSSR count). The van der Waals surface area contributed by atoms with Gasteiger partial charge in [0, 0.05) is 12.2 Å². The summed E-state index contributed by atoms with van der Waals surface area (Å²) in [6.07, 6.45) is 3.92. The number of nitrogens with zero attached hydrogens (tertiary/aromatic N) is 1. The fourth-order valence-electron chi connectivity index (χ4n) is 2.42. The number of carbonyl (C=O) groups excluding carboxylic acids is 1. The Hall–Kier alpha value is -1.39. The molecule has 0 bridgehead atoms. The van der Waals surface area contributed by atoms with Crippen LogP contribution in [0.3, 0.4) is 0 Å². The highest BCUT2D eigenvalue weighted by molar-refractivity contribution is 5.97. The molecule has 1 aromatic carbocycles. The van der Waals surface area contributed by atoms with Crippen molar-refractivity contribution in [3.05, 3.63) is 29.8 Å². The molecule has 0 radical (unpaired) electrons. The van der Waals surface area contributed by atoms with Gasteiger partial charge in [0.25, 0.3) is 0 Å². The molecule has 0 spiro atoms. The predicted octanol–water partition coefficient (Wildman–Crippen LogP) is 2.35. The van der Waals surface area contributed by atoms with Crippen molar-refractivity contribution in [2.24, 2.45) is 5.73 Å². The first-order valence-electron chi connectivity index (χ1n) is 7.37. The number of nitrogens with one attached hydrogen (secondary N) is 1. The van der Waals surface area contributed by atoms with E-state index in [0.717, 1.165) is 12.2 Å². The second-order valence-corrected chi connectivity index (χ2v) is 6.21. The van der Waals surface area contributed by atoms with E-state index in [9.17, 15) is 4.79 Å². The molecule has 4 heteroatoms. The fraction of sp³-hybridized carbons (Fsp3) is 0.562. The quantitative estimate of drug-likeness (QED) is 0.887. The standard InChI is InChI=1S/C16H25N3O/c1-16(2,17)15(20)18-14-8-6-7-13(11-14)12-19-9-4-3-5-10-19/h6-8,11H,3-5,9-10,12,17H2,1-2H3,(H,18,20). The van der Waals surface area contributed by atoms with Crippen molar-refractivity contribution in [1.29, 1.82) is 0 Å². The number of hydrogen-bond acceptors (Lipinski definition) is 3. The summed E-state index contributed by atoms with van der Waals surface area (Å²) in [5.41, 5.74) is 6.99. The molecule has 1 aliphatic rings. The van der Waals surface area contributed by atoms with Gasteiger partial charge in [-0.25, -0.2) is 0 Å². The fourth-order valence-corrected chi connectivity index (χ4v) is 2.42. The summed E-state index contributed by atoms with van der Waals surface area (Å²) < 4.78 is 0. The number of anilines is 1. The maximum Gasteiger partial charge on any atom is 0.243 e. The van der Waals surface area contributed by atoms with E-state index < -0.39 is 5.54 Å². The lowest BCUT2D eigenvalue weighted by atomic mass is 10.1. The van der Waals surface area contributed by atoms with Crippen LogP contribution in [0.15, 0.2) is 24.3 Å². The van der Waals surface area contributed by atoms with Gasteiger partial charge >= 0.3 is 0 Å². The van der Waals surface area contributed by atoms with Gasteiger partial charge in [-0.2, -0.15) is 0 Å². The first kappa shape index (κ1) is 15.0. The largest absolute Gasteiger partial charge is 0.325 e. The highest BCUT2D eigenvalue weighted by Gasteiger charge is 2.21. The predicted molar refractivity (Wildman–Crippen MR) is 82.5 cm³/mol. The molecule has 1 aliphatic heterocycles. The first-order valence-corrected chi connectivity index (χ1v) is 7.37. The van der Waals surface area contributed by atoms with Gasteiger partial charge in [0.1, 0.15) is 0 Å². The molecule has 1 amide bonds. The van der Waals surface area contributed by atoms with E-state index in [1.165, 1.54) is 37.9 Å². The Bertz CT molecular complexity index is 459. The topological polar surface area (TPSA) is 58.4 Å². The van der Waals surface area contributed by atoms with Crippen LogP contribution in [-0.4, -0.2) is 29.4 Å². The maximum absolute atomic E-state index is 11.9. The van der Waals surface area contributed by atoms with Crippen molar-refractivity contribution >= 4 is 11.6 Å². The number of hydrogen-bond donors (Lipinski definition) is 2. The van der Waals surface area contributed by atoms with Crippen LogP contribution >= 0.6 is 0 Å². The van der Waals surface area contributed by atoms with E-state index in [2.05, 4.69) is 16.3 Å². The van der Waals surface area contributed by atoms with Crippen LogP contribution in [0.2, 0.25) is 0 Å². The van der Waals surface area contributed by atoms with Gasteiger partial charge in [0.15, 0.2) is 0 Å². The average molecular weight is 275 g/mol. The van der Waals surface area contributed by atoms with Gasteiger partial charge in [-0.3, -0.25) is 9.69 Å². The Labute approximate surface area is 121 Å². The van der Waals surface area contributed by atoms with E-state index in [-0.39, 0.29) is 5.91 Å². The molecule has 0 atom stereocenters. The molecule has 20 heavy (non-hydrogen) atoms.